The summed E-state index contributed by atoms with van der Waals surface area (Å²) in [6.07, 6.45) is 2.02. The quantitative estimate of drug-likeness (QED) is 0.698. The van der Waals surface area contributed by atoms with E-state index in [-0.39, 0.29) is 18.6 Å². The highest BCUT2D eigenvalue weighted by Gasteiger charge is 2.28. The second-order valence-electron chi connectivity index (χ2n) is 6.33. The number of para-hydroxylation sites is 1. The second kappa shape index (κ2) is 6.94. The Kier molecular flexibility index (Phi) is 4.51. The van der Waals surface area contributed by atoms with Gasteiger partial charge in [-0.1, -0.05) is 36.4 Å². The van der Waals surface area contributed by atoms with Gasteiger partial charge in [0.15, 0.2) is 0 Å². The Morgan fingerprint density at radius 2 is 2.04 bits per heavy atom. The Hall–Kier alpha value is -2.24. The molecule has 0 radical (unpaired) electrons. The predicted molar refractivity (Wildman–Crippen MR) is 99.6 cm³/mol. The highest BCUT2D eigenvalue weighted by atomic mass is 32.1. The number of aryl methyl sites for hydroxylation is 1. The molecule has 0 N–H and O–H groups in total. The van der Waals surface area contributed by atoms with Gasteiger partial charge in [0.25, 0.3) is 0 Å². The van der Waals surface area contributed by atoms with E-state index < -0.39 is 0 Å². The molecule has 4 nitrogen and oxygen atoms in total. The normalized spacial score (nSPS) is 16.1. The maximum absolute atomic E-state index is 12.5. The number of nitrogens with zero attached hydrogens (tertiary/aromatic N) is 2. The molecule has 0 spiro atoms. The number of benzene rings is 2. The minimum absolute atomic E-state index is 0.0165. The Labute approximate surface area is 151 Å². The number of ether oxygens (including phenoxy) is 1. The van der Waals surface area contributed by atoms with Gasteiger partial charge in [-0.25, -0.2) is 4.98 Å². The first-order chi connectivity index (χ1) is 12.2. The van der Waals surface area contributed by atoms with Crippen molar-refractivity contribution in [1.82, 2.24) is 9.88 Å². The molecule has 0 fully saturated rings. The van der Waals surface area contributed by atoms with Crippen LogP contribution in [0.5, 0.6) is 0 Å². The van der Waals surface area contributed by atoms with Gasteiger partial charge in [-0.3, -0.25) is 4.79 Å². The molecule has 5 heteroatoms. The highest BCUT2D eigenvalue weighted by molar-refractivity contribution is 7.18. The number of likely N-dealkylation sites (N-methyl/N-ethyl adjacent to an activating group) is 1. The summed E-state index contributed by atoms with van der Waals surface area (Å²) in [6.45, 7) is 0.464. The van der Waals surface area contributed by atoms with Gasteiger partial charge in [0.2, 0.25) is 5.91 Å². The number of carbonyl (C=O) groups excluding carboxylic acids is 1. The van der Waals surface area contributed by atoms with Gasteiger partial charge >= 0.3 is 0 Å². The van der Waals surface area contributed by atoms with Crippen LogP contribution in [0.15, 0.2) is 48.5 Å². The molecule has 128 valence electrons. The van der Waals surface area contributed by atoms with E-state index in [1.807, 2.05) is 42.3 Å². The topological polar surface area (TPSA) is 42.4 Å². The summed E-state index contributed by atoms with van der Waals surface area (Å²) in [6, 6.07) is 16.6. The summed E-state index contributed by atoms with van der Waals surface area (Å²) < 4.78 is 6.78. The first-order valence-corrected chi connectivity index (χ1v) is 9.29. The van der Waals surface area contributed by atoms with Crippen LogP contribution in [-0.4, -0.2) is 29.4 Å². The standard InChI is InChI=1S/C20H20N2O2S/c1-22(17-11-10-14-6-2-3-7-15(14)17)20(23)13-24-12-19-21-16-8-4-5-9-18(16)25-19/h2-9,17H,10-13H2,1H3/t17-/m1/s1. The lowest BCUT2D eigenvalue weighted by Gasteiger charge is -2.25. The molecule has 1 amide bonds. The van der Waals surface area contributed by atoms with Gasteiger partial charge in [0.05, 0.1) is 22.9 Å². The number of rotatable bonds is 5. The van der Waals surface area contributed by atoms with Gasteiger partial charge in [0, 0.05) is 7.05 Å². The summed E-state index contributed by atoms with van der Waals surface area (Å²) >= 11 is 1.61. The van der Waals surface area contributed by atoms with Crippen molar-refractivity contribution in [2.24, 2.45) is 0 Å². The van der Waals surface area contributed by atoms with Gasteiger partial charge < -0.3 is 9.64 Å². The van der Waals surface area contributed by atoms with Crippen LogP contribution >= 0.6 is 11.3 Å². The van der Waals surface area contributed by atoms with E-state index in [1.54, 1.807) is 11.3 Å². The van der Waals surface area contributed by atoms with E-state index in [1.165, 1.54) is 11.1 Å². The predicted octanol–water partition coefficient (Wildman–Crippen LogP) is 3.96. The van der Waals surface area contributed by atoms with Crippen LogP contribution in [0, 0.1) is 0 Å². The number of thiazole rings is 1. The van der Waals surface area contributed by atoms with Crippen molar-refractivity contribution in [1.29, 1.82) is 0 Å². The molecule has 2 aromatic carbocycles. The fourth-order valence-corrected chi connectivity index (χ4v) is 4.32. The molecule has 1 aliphatic rings. The van der Waals surface area contributed by atoms with Crippen molar-refractivity contribution in [2.75, 3.05) is 13.7 Å². The van der Waals surface area contributed by atoms with Crippen molar-refractivity contribution in [3.05, 3.63) is 64.7 Å². The number of hydrogen-bond acceptors (Lipinski definition) is 4. The third-order valence-electron chi connectivity index (χ3n) is 4.75. The van der Waals surface area contributed by atoms with E-state index in [0.29, 0.717) is 6.61 Å². The molecule has 1 atom stereocenters. The van der Waals surface area contributed by atoms with E-state index >= 15 is 0 Å². The van der Waals surface area contributed by atoms with Gasteiger partial charge in [0.1, 0.15) is 11.6 Å². The molecule has 0 bridgehead atoms. The third kappa shape index (κ3) is 3.30. The molecule has 1 aromatic heterocycles. The van der Waals surface area contributed by atoms with E-state index in [2.05, 4.69) is 23.2 Å². The average molecular weight is 352 g/mol. The molecule has 1 aliphatic carbocycles. The summed E-state index contributed by atoms with van der Waals surface area (Å²) in [4.78, 5) is 18.8. The van der Waals surface area contributed by atoms with Crippen LogP contribution in [0.1, 0.15) is 28.6 Å². The summed E-state index contributed by atoms with van der Waals surface area (Å²) in [5.41, 5.74) is 3.60. The van der Waals surface area contributed by atoms with Gasteiger partial charge in [-0.05, 0) is 36.1 Å². The van der Waals surface area contributed by atoms with Crippen LogP contribution in [0.2, 0.25) is 0 Å². The first-order valence-electron chi connectivity index (χ1n) is 8.48. The van der Waals surface area contributed by atoms with Crippen molar-refractivity contribution in [3.63, 3.8) is 0 Å². The lowest BCUT2D eigenvalue weighted by molar-refractivity contribution is -0.137. The maximum Gasteiger partial charge on any atom is 0.248 e. The summed E-state index contributed by atoms with van der Waals surface area (Å²) in [5, 5.41) is 0.905. The smallest absolute Gasteiger partial charge is 0.248 e. The zero-order valence-electron chi connectivity index (χ0n) is 14.1. The monoisotopic (exact) mass is 352 g/mol. The molecule has 0 unspecified atom stereocenters. The van der Waals surface area contributed by atoms with E-state index in [9.17, 15) is 4.79 Å². The molecule has 0 aliphatic heterocycles. The minimum atomic E-state index is 0.0165. The van der Waals surface area contributed by atoms with Crippen molar-refractivity contribution >= 4 is 27.5 Å². The SMILES string of the molecule is CN(C(=O)COCc1nc2ccccc2s1)[C@@H]1CCc2ccccc21. The third-order valence-corrected chi connectivity index (χ3v) is 5.76. The zero-order valence-corrected chi connectivity index (χ0v) is 15.0. The average Bonchev–Trinajstić information content (AvgIpc) is 3.24. The highest BCUT2D eigenvalue weighted by Crippen LogP contribution is 2.34. The molecule has 1 heterocycles. The van der Waals surface area contributed by atoms with Gasteiger partial charge in [-0.15, -0.1) is 11.3 Å². The molecular weight excluding hydrogens is 332 g/mol. The molecule has 25 heavy (non-hydrogen) atoms. The second-order valence-corrected chi connectivity index (χ2v) is 7.44. The Morgan fingerprint density at radius 3 is 2.92 bits per heavy atom. The van der Waals surface area contributed by atoms with Crippen LogP contribution in [-0.2, 0) is 22.6 Å². The molecule has 0 saturated heterocycles. The van der Waals surface area contributed by atoms with E-state index in [4.69, 9.17) is 4.74 Å². The summed E-state index contributed by atoms with van der Waals surface area (Å²) in [7, 11) is 1.87. The lowest BCUT2D eigenvalue weighted by Crippen LogP contribution is -2.33. The van der Waals surface area contributed by atoms with Gasteiger partial charge in [-0.2, -0.15) is 0 Å². The van der Waals surface area contributed by atoms with Crippen LogP contribution in [0.25, 0.3) is 10.2 Å². The largest absolute Gasteiger partial charge is 0.364 e. The van der Waals surface area contributed by atoms with Crippen molar-refractivity contribution in [3.8, 4) is 0 Å². The Morgan fingerprint density at radius 1 is 1.24 bits per heavy atom. The molecule has 3 aromatic rings. The zero-order chi connectivity index (χ0) is 17.2. The Bertz CT molecular complexity index is 872. The number of fused-ring (bicyclic) bond motifs is 2. The van der Waals surface area contributed by atoms with Crippen molar-refractivity contribution in [2.45, 2.75) is 25.5 Å². The van der Waals surface area contributed by atoms with Crippen LogP contribution in [0.4, 0.5) is 0 Å². The van der Waals surface area contributed by atoms with E-state index in [0.717, 1.165) is 28.1 Å². The number of aromatic nitrogens is 1. The number of carbonyl (C=O) groups is 1. The van der Waals surface area contributed by atoms with Crippen molar-refractivity contribution < 1.29 is 9.53 Å². The maximum atomic E-state index is 12.5. The fraction of sp³-hybridized carbons (Fsp3) is 0.300. The Balaban J connectivity index is 1.34. The minimum Gasteiger partial charge on any atom is -0.364 e. The first kappa shape index (κ1) is 16.2. The molecular formula is C20H20N2O2S. The molecule has 4 rings (SSSR count). The lowest BCUT2D eigenvalue weighted by atomic mass is 10.1. The number of amides is 1. The van der Waals surface area contributed by atoms with Crippen LogP contribution in [0.3, 0.4) is 0 Å². The molecule has 0 saturated carbocycles. The fourth-order valence-electron chi connectivity index (χ4n) is 3.42. The number of hydrogen-bond donors (Lipinski definition) is 0. The summed E-state index contributed by atoms with van der Waals surface area (Å²) in [5.74, 6) is 0.0165. The van der Waals surface area contributed by atoms with Crippen LogP contribution < -0.4 is 0 Å².